The van der Waals surface area contributed by atoms with E-state index in [1.165, 1.54) is 22.0 Å². The largest absolute Gasteiger partial charge is 0.481 e. The van der Waals surface area contributed by atoms with Crippen LogP contribution in [0.3, 0.4) is 0 Å². The number of aryl methyl sites for hydroxylation is 1. The van der Waals surface area contributed by atoms with Crippen molar-refractivity contribution in [3.05, 3.63) is 24.0 Å². The number of hydrogen-bond acceptors (Lipinski definition) is 5. The van der Waals surface area contributed by atoms with Crippen LogP contribution in [0.1, 0.15) is 16.8 Å². The predicted molar refractivity (Wildman–Crippen MR) is 71.2 cm³/mol. The van der Waals surface area contributed by atoms with Crippen molar-refractivity contribution >= 4 is 21.7 Å². The molecule has 0 spiro atoms. The van der Waals surface area contributed by atoms with E-state index in [2.05, 4.69) is 5.10 Å². The Hall–Kier alpha value is -2.03. The summed E-state index contributed by atoms with van der Waals surface area (Å²) >= 11 is 0. The van der Waals surface area contributed by atoms with Crippen LogP contribution >= 0.6 is 0 Å². The summed E-state index contributed by atoms with van der Waals surface area (Å²) in [4.78, 5) is 24.1. The average Bonchev–Trinajstić information content (AvgIpc) is 2.45. The number of carboxylic acid groups (broad SMARTS) is 1. The minimum Gasteiger partial charge on any atom is -0.481 e. The molecule has 1 aliphatic heterocycles. The molecule has 0 atom stereocenters. The van der Waals surface area contributed by atoms with Crippen molar-refractivity contribution < 1.29 is 27.8 Å². The number of amides is 1. The molecule has 8 nitrogen and oxygen atoms in total. The maximum Gasteiger partial charge on any atom is 0.309 e. The van der Waals surface area contributed by atoms with Gasteiger partial charge in [0, 0.05) is 19.2 Å². The first-order valence-corrected chi connectivity index (χ1v) is 8.27. The van der Waals surface area contributed by atoms with Crippen LogP contribution in [0, 0.1) is 0 Å². The Morgan fingerprint density at radius 1 is 1.33 bits per heavy atom. The molecule has 1 aromatic rings. The Morgan fingerprint density at radius 3 is 2.52 bits per heavy atom. The number of sulfone groups is 1. The molecule has 9 heteroatoms. The smallest absolute Gasteiger partial charge is 0.309 e. The molecule has 1 aliphatic rings. The van der Waals surface area contributed by atoms with Gasteiger partial charge in [0.2, 0.25) is 0 Å². The highest BCUT2D eigenvalue weighted by Gasteiger charge is 2.26. The van der Waals surface area contributed by atoms with Crippen molar-refractivity contribution in [3.8, 4) is 0 Å². The van der Waals surface area contributed by atoms with Crippen molar-refractivity contribution in [1.29, 1.82) is 0 Å². The predicted octanol–water partition coefficient (Wildman–Crippen LogP) is -1.29. The van der Waals surface area contributed by atoms with Gasteiger partial charge in [-0.15, -0.1) is 0 Å². The maximum absolute atomic E-state index is 12.2. The van der Waals surface area contributed by atoms with Gasteiger partial charge in [-0.1, -0.05) is 4.68 Å². The second-order valence-corrected chi connectivity index (χ2v) is 7.07. The highest BCUT2D eigenvalue weighted by Crippen LogP contribution is 2.08. The topological polar surface area (TPSA) is 109 Å². The van der Waals surface area contributed by atoms with Crippen molar-refractivity contribution in [2.75, 3.05) is 24.6 Å². The van der Waals surface area contributed by atoms with Crippen LogP contribution in [-0.2, 0) is 21.2 Å². The fourth-order valence-corrected chi connectivity index (χ4v) is 3.15. The number of hydrogen-bond donors (Lipinski definition) is 1. The van der Waals surface area contributed by atoms with Crippen molar-refractivity contribution in [1.82, 2.24) is 10.00 Å². The van der Waals surface area contributed by atoms with Crippen molar-refractivity contribution in [2.24, 2.45) is 0 Å². The van der Waals surface area contributed by atoms with E-state index in [0.29, 0.717) is 5.56 Å². The lowest BCUT2D eigenvalue weighted by atomic mass is 10.2. The van der Waals surface area contributed by atoms with Crippen LogP contribution in [0.4, 0.5) is 0 Å². The van der Waals surface area contributed by atoms with E-state index in [0.717, 1.165) is 0 Å². The second-order valence-electron chi connectivity index (χ2n) is 4.77. The molecular formula is C12H16N3O5S+. The summed E-state index contributed by atoms with van der Waals surface area (Å²) < 4.78 is 24.1. The van der Waals surface area contributed by atoms with Crippen LogP contribution in [0.15, 0.2) is 18.5 Å². The second kappa shape index (κ2) is 6.17. The minimum absolute atomic E-state index is 0.0163. The average molecular weight is 314 g/mol. The van der Waals surface area contributed by atoms with Crippen molar-refractivity contribution in [2.45, 2.75) is 13.0 Å². The molecule has 1 amide bonds. The molecule has 0 radical (unpaired) electrons. The first kappa shape index (κ1) is 15.4. The van der Waals surface area contributed by atoms with Gasteiger partial charge >= 0.3 is 5.97 Å². The number of carbonyl (C=O) groups excluding carboxylic acids is 1. The monoisotopic (exact) mass is 314 g/mol. The quantitative estimate of drug-likeness (QED) is 0.693. The normalized spacial score (nSPS) is 17.4. The first-order chi connectivity index (χ1) is 9.87. The number of carboxylic acids is 1. The molecule has 1 saturated heterocycles. The van der Waals surface area contributed by atoms with Gasteiger partial charge in [0.25, 0.3) is 5.91 Å². The summed E-state index contributed by atoms with van der Waals surface area (Å²) in [7, 11) is -3.02. The van der Waals surface area contributed by atoms with Crippen LogP contribution in [0.2, 0.25) is 0 Å². The Morgan fingerprint density at radius 2 is 2.00 bits per heavy atom. The Balaban J connectivity index is 1.98. The number of aromatic nitrogens is 2. The number of nitrogens with zero attached hydrogens (tertiary/aromatic N) is 3. The third-order valence-corrected chi connectivity index (χ3v) is 4.81. The lowest BCUT2D eigenvalue weighted by molar-refractivity contribution is -0.753. The van der Waals surface area contributed by atoms with Crippen LogP contribution < -0.4 is 4.68 Å². The summed E-state index contributed by atoms with van der Waals surface area (Å²) in [5, 5.41) is 12.6. The number of aliphatic carboxylic acids is 1. The molecule has 2 rings (SSSR count). The van der Waals surface area contributed by atoms with E-state index < -0.39 is 15.8 Å². The van der Waals surface area contributed by atoms with Crippen LogP contribution in [0.25, 0.3) is 0 Å². The molecule has 114 valence electrons. The fourth-order valence-electron chi connectivity index (χ4n) is 1.95. The van der Waals surface area contributed by atoms with Gasteiger partial charge in [-0.3, -0.25) is 9.59 Å². The van der Waals surface area contributed by atoms with E-state index >= 15 is 0 Å². The van der Waals surface area contributed by atoms with Crippen molar-refractivity contribution in [3.63, 3.8) is 0 Å². The molecule has 1 aromatic heterocycles. The summed E-state index contributed by atoms with van der Waals surface area (Å²) in [6.07, 6.45) is 2.86. The molecule has 0 bridgehead atoms. The van der Waals surface area contributed by atoms with Gasteiger partial charge in [0.05, 0.1) is 17.1 Å². The number of rotatable bonds is 4. The Labute approximate surface area is 121 Å². The molecule has 2 heterocycles. The summed E-state index contributed by atoms with van der Waals surface area (Å²) in [6.45, 7) is 0.607. The van der Waals surface area contributed by atoms with E-state index in [1.54, 1.807) is 6.07 Å². The van der Waals surface area contributed by atoms with Gasteiger partial charge in [0.15, 0.2) is 22.6 Å². The third-order valence-electron chi connectivity index (χ3n) is 3.20. The molecule has 0 saturated carbocycles. The van der Waals surface area contributed by atoms with E-state index in [1.807, 2.05) is 0 Å². The molecule has 1 fully saturated rings. The fraction of sp³-hybridized carbons (Fsp3) is 0.500. The highest BCUT2D eigenvalue weighted by atomic mass is 32.2. The first-order valence-electron chi connectivity index (χ1n) is 6.45. The van der Waals surface area contributed by atoms with E-state index in [9.17, 15) is 18.0 Å². The van der Waals surface area contributed by atoms with Gasteiger partial charge in [-0.25, -0.2) is 8.42 Å². The summed E-state index contributed by atoms with van der Waals surface area (Å²) in [5.41, 5.74) is 0.362. The lowest BCUT2D eigenvalue weighted by Gasteiger charge is -2.26. The zero-order chi connectivity index (χ0) is 15.5. The van der Waals surface area contributed by atoms with E-state index in [4.69, 9.17) is 5.11 Å². The molecule has 0 aliphatic carbocycles. The maximum atomic E-state index is 12.2. The number of carbonyl (C=O) groups is 2. The molecule has 21 heavy (non-hydrogen) atoms. The SMILES string of the molecule is O=C(O)CC[n+]1ccc(C(=O)N2CCS(=O)(=O)CC2)cn1. The van der Waals surface area contributed by atoms with Gasteiger partial charge in [-0.05, 0) is 5.10 Å². The third kappa shape index (κ3) is 4.22. The molecular weight excluding hydrogens is 298 g/mol. The summed E-state index contributed by atoms with van der Waals surface area (Å²) in [6, 6.07) is 1.56. The zero-order valence-corrected chi connectivity index (χ0v) is 12.1. The standard InChI is InChI=1S/C12H15N3O5S/c16-11(17)2-4-15-3-1-10(9-13-15)12(18)14-5-7-21(19,20)8-6-14/h1,3,9H,2,4-8H2/p+1. The molecule has 0 aromatic carbocycles. The summed E-state index contributed by atoms with van der Waals surface area (Å²) in [5.74, 6) is -1.21. The van der Waals surface area contributed by atoms with Gasteiger partial charge < -0.3 is 10.0 Å². The van der Waals surface area contributed by atoms with E-state index in [-0.39, 0.29) is 43.5 Å². The Bertz CT molecular complexity index is 627. The Kier molecular flexibility index (Phi) is 4.51. The minimum atomic E-state index is -3.02. The zero-order valence-electron chi connectivity index (χ0n) is 11.3. The van der Waals surface area contributed by atoms with Gasteiger partial charge in [-0.2, -0.15) is 0 Å². The van der Waals surface area contributed by atoms with Gasteiger partial charge in [0.1, 0.15) is 12.6 Å². The highest BCUT2D eigenvalue weighted by molar-refractivity contribution is 7.91. The van der Waals surface area contributed by atoms with Crippen LogP contribution in [0.5, 0.6) is 0 Å². The molecule has 1 N–H and O–H groups in total. The van der Waals surface area contributed by atoms with Crippen LogP contribution in [-0.4, -0.2) is 60.0 Å². The molecule has 0 unspecified atom stereocenters. The lowest BCUT2D eigenvalue weighted by Crippen LogP contribution is -2.44.